The Kier molecular flexibility index (Phi) is 8.02. The largest absolute Gasteiger partial charge is 0.395 e. The zero-order valence-corrected chi connectivity index (χ0v) is 18.4. The standard InChI is InChI=1S/C23H29ClO4S/c1-3-14-4-6-15(7-5-14)8-16-9-19(17(13-28-2)10-20(16)24)23-22(27)21(26)11-18(12-25)29-23/h4-7,9-10,18,21-23,25-27H,3,8,11-13H2,1-2H3/t18-,21-,22+,23-/m0/s1. The molecule has 1 heterocycles. The van der Waals surface area contributed by atoms with Gasteiger partial charge in [0.15, 0.2) is 0 Å². The molecule has 0 aromatic heterocycles. The number of hydrogen-bond acceptors (Lipinski definition) is 5. The Balaban J connectivity index is 1.96. The van der Waals surface area contributed by atoms with Gasteiger partial charge in [0, 0.05) is 17.4 Å². The van der Waals surface area contributed by atoms with Crippen LogP contribution in [-0.4, -0.2) is 46.5 Å². The number of ether oxygens (including phenoxy) is 1. The van der Waals surface area contributed by atoms with E-state index in [0.29, 0.717) is 24.5 Å². The zero-order valence-electron chi connectivity index (χ0n) is 16.8. The minimum Gasteiger partial charge on any atom is -0.395 e. The molecule has 1 saturated heterocycles. The highest BCUT2D eigenvalue weighted by atomic mass is 35.5. The third kappa shape index (κ3) is 5.35. The minimum atomic E-state index is -0.906. The van der Waals surface area contributed by atoms with Gasteiger partial charge in [-0.1, -0.05) is 48.9 Å². The fourth-order valence-electron chi connectivity index (χ4n) is 3.80. The van der Waals surface area contributed by atoms with Crippen molar-refractivity contribution in [3.63, 3.8) is 0 Å². The summed E-state index contributed by atoms with van der Waals surface area (Å²) in [5.41, 5.74) is 5.23. The van der Waals surface area contributed by atoms with Crippen molar-refractivity contribution in [1.29, 1.82) is 0 Å². The average molecular weight is 437 g/mol. The summed E-state index contributed by atoms with van der Waals surface area (Å²) >= 11 is 8.09. The first-order valence-electron chi connectivity index (χ1n) is 9.97. The molecule has 29 heavy (non-hydrogen) atoms. The van der Waals surface area contributed by atoms with Gasteiger partial charge >= 0.3 is 0 Å². The van der Waals surface area contributed by atoms with Crippen LogP contribution in [0.1, 0.15) is 46.4 Å². The van der Waals surface area contributed by atoms with Crippen LogP contribution in [0.25, 0.3) is 0 Å². The predicted octanol–water partition coefficient (Wildman–Crippen LogP) is 3.90. The van der Waals surface area contributed by atoms with Crippen molar-refractivity contribution < 1.29 is 20.1 Å². The first-order valence-corrected chi connectivity index (χ1v) is 11.3. The second kappa shape index (κ2) is 10.3. The second-order valence-electron chi connectivity index (χ2n) is 7.58. The quantitative estimate of drug-likeness (QED) is 0.614. The first-order chi connectivity index (χ1) is 14.0. The maximum absolute atomic E-state index is 10.7. The Labute approximate surface area is 181 Å². The monoisotopic (exact) mass is 436 g/mol. The average Bonchev–Trinajstić information content (AvgIpc) is 2.72. The molecule has 3 N–H and O–H groups in total. The van der Waals surface area contributed by atoms with Gasteiger partial charge in [-0.3, -0.25) is 0 Å². The smallest absolute Gasteiger partial charge is 0.0958 e. The fraction of sp³-hybridized carbons (Fsp3) is 0.478. The number of aliphatic hydroxyl groups excluding tert-OH is 3. The maximum Gasteiger partial charge on any atom is 0.0958 e. The van der Waals surface area contributed by atoms with Crippen molar-refractivity contribution in [3.8, 4) is 0 Å². The Morgan fingerprint density at radius 2 is 1.79 bits per heavy atom. The summed E-state index contributed by atoms with van der Waals surface area (Å²) < 4.78 is 5.35. The van der Waals surface area contributed by atoms with Crippen molar-refractivity contribution >= 4 is 23.4 Å². The van der Waals surface area contributed by atoms with Crippen LogP contribution in [0, 0.1) is 0 Å². The second-order valence-corrected chi connectivity index (χ2v) is 9.43. The molecule has 4 atom stereocenters. The molecule has 6 heteroatoms. The fourth-order valence-corrected chi connectivity index (χ4v) is 5.57. The number of halogens is 1. The molecule has 0 radical (unpaired) electrons. The molecule has 2 aromatic carbocycles. The Hall–Kier alpha value is -1.08. The molecule has 1 fully saturated rings. The van der Waals surface area contributed by atoms with Crippen LogP contribution in [0.5, 0.6) is 0 Å². The van der Waals surface area contributed by atoms with Crippen LogP contribution in [0.15, 0.2) is 36.4 Å². The summed E-state index contributed by atoms with van der Waals surface area (Å²) in [5, 5.41) is 30.8. The van der Waals surface area contributed by atoms with Crippen LogP contribution in [0.2, 0.25) is 5.02 Å². The first kappa shape index (κ1) is 22.6. The molecular weight excluding hydrogens is 408 g/mol. The van der Waals surface area contributed by atoms with E-state index >= 15 is 0 Å². The van der Waals surface area contributed by atoms with E-state index in [2.05, 4.69) is 31.2 Å². The summed E-state index contributed by atoms with van der Waals surface area (Å²) in [7, 11) is 1.62. The van der Waals surface area contributed by atoms with Crippen LogP contribution < -0.4 is 0 Å². The number of rotatable bonds is 7. The number of hydrogen-bond donors (Lipinski definition) is 3. The molecule has 0 unspecified atom stereocenters. The van der Waals surface area contributed by atoms with Crippen LogP contribution in [0.3, 0.4) is 0 Å². The van der Waals surface area contributed by atoms with E-state index in [0.717, 1.165) is 23.1 Å². The normalized spacial score (nSPS) is 24.6. The highest BCUT2D eigenvalue weighted by molar-refractivity contribution is 8.00. The predicted molar refractivity (Wildman–Crippen MR) is 119 cm³/mol. The van der Waals surface area contributed by atoms with Gasteiger partial charge in [0.1, 0.15) is 0 Å². The van der Waals surface area contributed by atoms with Gasteiger partial charge in [0.05, 0.1) is 30.7 Å². The summed E-state index contributed by atoms with van der Waals surface area (Å²) in [4.78, 5) is 0. The Bertz CT molecular complexity index is 811. The van der Waals surface area contributed by atoms with E-state index in [1.165, 1.54) is 22.9 Å². The molecule has 0 amide bonds. The Morgan fingerprint density at radius 3 is 2.41 bits per heavy atom. The van der Waals surface area contributed by atoms with Gasteiger partial charge < -0.3 is 20.1 Å². The maximum atomic E-state index is 10.7. The number of methoxy groups -OCH3 is 1. The molecule has 0 aliphatic carbocycles. The summed E-state index contributed by atoms with van der Waals surface area (Å²) in [5.74, 6) is 0. The van der Waals surface area contributed by atoms with E-state index in [4.69, 9.17) is 16.3 Å². The van der Waals surface area contributed by atoms with Crippen LogP contribution in [-0.2, 0) is 24.2 Å². The van der Waals surface area contributed by atoms with E-state index in [9.17, 15) is 15.3 Å². The Morgan fingerprint density at radius 1 is 1.10 bits per heavy atom. The molecular formula is C23H29ClO4S. The van der Waals surface area contributed by atoms with Crippen molar-refractivity contribution in [1.82, 2.24) is 0 Å². The molecule has 0 saturated carbocycles. The molecule has 1 aliphatic heterocycles. The number of aliphatic hydroxyl groups is 3. The van der Waals surface area contributed by atoms with Crippen molar-refractivity contribution in [2.45, 2.75) is 55.5 Å². The summed E-state index contributed by atoms with van der Waals surface area (Å²) in [6, 6.07) is 12.4. The van der Waals surface area contributed by atoms with Gasteiger partial charge in [-0.2, -0.15) is 0 Å². The zero-order chi connectivity index (χ0) is 21.0. The third-order valence-corrected chi connectivity index (χ3v) is 7.40. The van der Waals surface area contributed by atoms with Gasteiger partial charge in [-0.25, -0.2) is 0 Å². The lowest BCUT2D eigenvalue weighted by molar-refractivity contribution is 0.00495. The molecule has 1 aliphatic rings. The van der Waals surface area contributed by atoms with Gasteiger partial charge in [0.25, 0.3) is 0 Å². The van der Waals surface area contributed by atoms with Gasteiger partial charge in [-0.05, 0) is 53.1 Å². The van der Waals surface area contributed by atoms with Crippen LogP contribution in [0.4, 0.5) is 0 Å². The number of aryl methyl sites for hydroxylation is 1. The molecule has 0 bridgehead atoms. The SMILES string of the molecule is CCc1ccc(Cc2cc([C@@H]3S[C@H](CO)C[C@H](O)[C@H]3O)c(COC)cc2Cl)cc1. The van der Waals surface area contributed by atoms with Crippen molar-refractivity contribution in [2.75, 3.05) is 13.7 Å². The molecule has 4 nitrogen and oxygen atoms in total. The lowest BCUT2D eigenvalue weighted by Crippen LogP contribution is -2.40. The number of benzene rings is 2. The summed E-state index contributed by atoms with van der Waals surface area (Å²) in [6.07, 6.45) is 0.290. The molecule has 158 valence electrons. The van der Waals surface area contributed by atoms with E-state index < -0.39 is 12.2 Å². The van der Waals surface area contributed by atoms with E-state index in [-0.39, 0.29) is 17.1 Å². The van der Waals surface area contributed by atoms with Crippen molar-refractivity contribution in [2.24, 2.45) is 0 Å². The third-order valence-electron chi connectivity index (χ3n) is 5.49. The van der Waals surface area contributed by atoms with E-state index in [1.54, 1.807) is 7.11 Å². The number of thioether (sulfide) groups is 1. The van der Waals surface area contributed by atoms with E-state index in [1.807, 2.05) is 12.1 Å². The van der Waals surface area contributed by atoms with Gasteiger partial charge in [-0.15, -0.1) is 11.8 Å². The molecule has 0 spiro atoms. The highest BCUT2D eigenvalue weighted by Gasteiger charge is 2.38. The molecule has 2 aromatic rings. The molecule has 3 rings (SSSR count). The van der Waals surface area contributed by atoms with Gasteiger partial charge in [0.2, 0.25) is 0 Å². The van der Waals surface area contributed by atoms with Crippen LogP contribution >= 0.6 is 23.4 Å². The van der Waals surface area contributed by atoms with Crippen molar-refractivity contribution in [3.05, 3.63) is 69.2 Å². The summed E-state index contributed by atoms with van der Waals surface area (Å²) in [6.45, 7) is 2.47. The topological polar surface area (TPSA) is 69.9 Å². The highest BCUT2D eigenvalue weighted by Crippen LogP contribution is 2.45. The lowest BCUT2D eigenvalue weighted by atomic mass is 9.92. The lowest BCUT2D eigenvalue weighted by Gasteiger charge is -2.37. The minimum absolute atomic E-state index is 0.0330.